The van der Waals surface area contributed by atoms with Crippen molar-refractivity contribution in [3.8, 4) is 0 Å². The molecule has 0 fully saturated rings. The van der Waals surface area contributed by atoms with Crippen LogP contribution in [-0.2, 0) is 11.3 Å². The second kappa shape index (κ2) is 2.75. The first-order chi connectivity index (χ1) is 5.27. The fourth-order valence-electron chi connectivity index (χ4n) is 1.30. The van der Waals surface area contributed by atoms with Gasteiger partial charge in [-0.25, -0.2) is 4.98 Å². The molecule has 3 nitrogen and oxygen atoms in total. The number of hydrogen-bond donors (Lipinski definition) is 0. The van der Waals surface area contributed by atoms with Gasteiger partial charge in [-0.1, -0.05) is 0 Å². The van der Waals surface area contributed by atoms with Crippen molar-refractivity contribution in [1.82, 2.24) is 9.55 Å². The van der Waals surface area contributed by atoms with E-state index in [4.69, 9.17) is 4.74 Å². The van der Waals surface area contributed by atoms with Crippen LogP contribution in [0.15, 0.2) is 6.20 Å². The molecule has 0 saturated heterocycles. The Morgan fingerprint density at radius 1 is 1.82 bits per heavy atom. The van der Waals surface area contributed by atoms with Crippen molar-refractivity contribution in [2.24, 2.45) is 0 Å². The van der Waals surface area contributed by atoms with Gasteiger partial charge in [-0.3, -0.25) is 0 Å². The average molecular weight is 264 g/mol. The summed E-state index contributed by atoms with van der Waals surface area (Å²) in [6.45, 7) is 3.78. The molecule has 1 atom stereocenters. The summed E-state index contributed by atoms with van der Waals surface area (Å²) < 4.78 is 8.64. The van der Waals surface area contributed by atoms with Crippen LogP contribution in [0.4, 0.5) is 0 Å². The summed E-state index contributed by atoms with van der Waals surface area (Å²) in [6, 6.07) is 0. The second-order valence-electron chi connectivity index (χ2n) is 2.63. The summed E-state index contributed by atoms with van der Waals surface area (Å²) >= 11 is 2.22. The predicted octanol–water partition coefficient (Wildman–Crippen LogP) is 1.58. The molecule has 1 aromatic rings. The highest BCUT2D eigenvalue weighted by molar-refractivity contribution is 14.1. The van der Waals surface area contributed by atoms with E-state index in [1.54, 1.807) is 0 Å². The summed E-state index contributed by atoms with van der Waals surface area (Å²) in [6.07, 6.45) is 2.22. The van der Waals surface area contributed by atoms with Crippen molar-refractivity contribution in [3.63, 3.8) is 0 Å². The normalized spacial score (nSPS) is 23.3. The highest BCUT2D eigenvalue weighted by atomic mass is 127. The molecule has 60 valence electrons. The SMILES string of the molecule is CC1OCCn2cc(I)nc21. The Kier molecular flexibility index (Phi) is 1.88. The molecule has 1 aromatic heterocycles. The van der Waals surface area contributed by atoms with Crippen LogP contribution < -0.4 is 0 Å². The third kappa shape index (κ3) is 1.29. The first-order valence-corrected chi connectivity index (χ1v) is 4.69. The molecule has 1 unspecified atom stereocenters. The lowest BCUT2D eigenvalue weighted by molar-refractivity contribution is 0.0293. The zero-order valence-electron chi connectivity index (χ0n) is 6.25. The van der Waals surface area contributed by atoms with Crippen molar-refractivity contribution in [2.75, 3.05) is 6.61 Å². The van der Waals surface area contributed by atoms with Crippen molar-refractivity contribution in [2.45, 2.75) is 19.6 Å². The van der Waals surface area contributed by atoms with E-state index in [9.17, 15) is 0 Å². The second-order valence-corrected chi connectivity index (χ2v) is 3.73. The molecule has 0 saturated carbocycles. The smallest absolute Gasteiger partial charge is 0.139 e. The van der Waals surface area contributed by atoms with Gasteiger partial charge in [0.1, 0.15) is 15.6 Å². The van der Waals surface area contributed by atoms with Crippen LogP contribution in [0.5, 0.6) is 0 Å². The van der Waals surface area contributed by atoms with Crippen molar-refractivity contribution in [1.29, 1.82) is 0 Å². The Morgan fingerprint density at radius 2 is 2.64 bits per heavy atom. The largest absolute Gasteiger partial charge is 0.369 e. The van der Waals surface area contributed by atoms with Gasteiger partial charge in [0, 0.05) is 12.7 Å². The number of rotatable bonds is 0. The minimum Gasteiger partial charge on any atom is -0.369 e. The van der Waals surface area contributed by atoms with E-state index in [0.717, 1.165) is 22.7 Å². The number of hydrogen-bond acceptors (Lipinski definition) is 2. The number of fused-ring (bicyclic) bond motifs is 1. The quantitative estimate of drug-likeness (QED) is 0.665. The molecule has 0 aromatic carbocycles. The molecule has 1 aliphatic rings. The van der Waals surface area contributed by atoms with Gasteiger partial charge >= 0.3 is 0 Å². The van der Waals surface area contributed by atoms with Gasteiger partial charge in [-0.05, 0) is 29.5 Å². The maximum atomic E-state index is 5.43. The Bertz CT molecular complexity index is 271. The molecule has 0 spiro atoms. The Hall–Kier alpha value is -0.100. The third-order valence-electron chi connectivity index (χ3n) is 1.84. The molecule has 0 N–H and O–H groups in total. The van der Waals surface area contributed by atoms with Crippen molar-refractivity contribution in [3.05, 3.63) is 15.7 Å². The minimum atomic E-state index is 0.160. The lowest BCUT2D eigenvalue weighted by Gasteiger charge is -2.20. The van der Waals surface area contributed by atoms with E-state index >= 15 is 0 Å². The van der Waals surface area contributed by atoms with E-state index in [-0.39, 0.29) is 6.10 Å². The van der Waals surface area contributed by atoms with E-state index in [1.807, 2.05) is 6.92 Å². The van der Waals surface area contributed by atoms with Gasteiger partial charge in [0.25, 0.3) is 0 Å². The summed E-state index contributed by atoms with van der Waals surface area (Å²) in [7, 11) is 0. The number of nitrogens with zero attached hydrogens (tertiary/aromatic N) is 2. The lowest BCUT2D eigenvalue weighted by Crippen LogP contribution is -2.19. The molecule has 0 amide bonds. The molecule has 0 radical (unpaired) electrons. The molecule has 0 bridgehead atoms. The molecule has 11 heavy (non-hydrogen) atoms. The van der Waals surface area contributed by atoms with E-state index in [1.165, 1.54) is 0 Å². The van der Waals surface area contributed by atoms with Crippen molar-refractivity contribution >= 4 is 22.6 Å². The molecule has 2 heterocycles. The Labute approximate surface area is 78.9 Å². The van der Waals surface area contributed by atoms with Crippen LogP contribution in [0.2, 0.25) is 0 Å². The minimum absolute atomic E-state index is 0.160. The van der Waals surface area contributed by atoms with Crippen LogP contribution in [0, 0.1) is 3.70 Å². The first-order valence-electron chi connectivity index (χ1n) is 3.61. The maximum absolute atomic E-state index is 5.43. The Balaban J connectivity index is 2.43. The molecular formula is C7H9IN2O. The molecule has 4 heteroatoms. The average Bonchev–Trinajstić information content (AvgIpc) is 2.31. The molecule has 2 rings (SSSR count). The zero-order chi connectivity index (χ0) is 7.84. The first kappa shape index (κ1) is 7.54. The van der Waals surface area contributed by atoms with Crippen molar-refractivity contribution < 1.29 is 4.74 Å². The van der Waals surface area contributed by atoms with Gasteiger partial charge in [0.05, 0.1) is 6.61 Å². The zero-order valence-corrected chi connectivity index (χ0v) is 8.41. The van der Waals surface area contributed by atoms with Crippen LogP contribution >= 0.6 is 22.6 Å². The fraction of sp³-hybridized carbons (Fsp3) is 0.571. The molecule has 1 aliphatic heterocycles. The van der Waals surface area contributed by atoms with Crippen LogP contribution in [-0.4, -0.2) is 16.2 Å². The number of aromatic nitrogens is 2. The Morgan fingerprint density at radius 3 is 3.36 bits per heavy atom. The van der Waals surface area contributed by atoms with Gasteiger partial charge in [-0.15, -0.1) is 0 Å². The van der Waals surface area contributed by atoms with E-state index < -0.39 is 0 Å². The summed E-state index contributed by atoms with van der Waals surface area (Å²) in [5, 5.41) is 0. The van der Waals surface area contributed by atoms with E-state index in [2.05, 4.69) is 38.3 Å². The highest BCUT2D eigenvalue weighted by Gasteiger charge is 2.18. The topological polar surface area (TPSA) is 27.1 Å². The van der Waals surface area contributed by atoms with Crippen LogP contribution in [0.25, 0.3) is 0 Å². The number of halogens is 1. The van der Waals surface area contributed by atoms with Crippen LogP contribution in [0.1, 0.15) is 18.9 Å². The third-order valence-corrected chi connectivity index (χ3v) is 2.36. The molecular weight excluding hydrogens is 255 g/mol. The van der Waals surface area contributed by atoms with Gasteiger partial charge in [0.2, 0.25) is 0 Å². The molecule has 0 aliphatic carbocycles. The summed E-state index contributed by atoms with van der Waals surface area (Å²) in [5.41, 5.74) is 0. The van der Waals surface area contributed by atoms with Gasteiger partial charge < -0.3 is 9.30 Å². The monoisotopic (exact) mass is 264 g/mol. The highest BCUT2D eigenvalue weighted by Crippen LogP contribution is 2.21. The standard InChI is InChI=1S/C7H9IN2O/c1-5-7-9-6(8)4-10(7)2-3-11-5/h4-5H,2-3H2,1H3. The van der Waals surface area contributed by atoms with Crippen LogP contribution in [0.3, 0.4) is 0 Å². The van der Waals surface area contributed by atoms with Gasteiger partial charge in [-0.2, -0.15) is 0 Å². The number of ether oxygens (including phenoxy) is 1. The van der Waals surface area contributed by atoms with Gasteiger partial charge in [0.15, 0.2) is 0 Å². The lowest BCUT2D eigenvalue weighted by atomic mass is 10.3. The van der Waals surface area contributed by atoms with E-state index in [0.29, 0.717) is 0 Å². The maximum Gasteiger partial charge on any atom is 0.139 e. The summed E-state index contributed by atoms with van der Waals surface area (Å²) in [5.74, 6) is 1.06. The fourth-order valence-corrected chi connectivity index (χ4v) is 1.89. The predicted molar refractivity (Wildman–Crippen MR) is 49.3 cm³/mol. The summed E-state index contributed by atoms with van der Waals surface area (Å²) in [4.78, 5) is 4.36. The number of imidazole rings is 1.